The number of hydrogen-bond donors (Lipinski definition) is 1. The normalized spacial score (nSPS) is 12.5. The number of halogens is 3. The van der Waals surface area contributed by atoms with Crippen LogP contribution in [0, 0.1) is 23.5 Å². The van der Waals surface area contributed by atoms with Crippen molar-refractivity contribution in [3.05, 3.63) is 33.8 Å². The fraction of sp³-hybridized carbons (Fsp3) is 0.600. The Morgan fingerprint density at radius 3 is 2.00 bits per heavy atom. The molecule has 0 bridgehead atoms. The minimum atomic E-state index is -1.47. The predicted molar refractivity (Wildman–Crippen MR) is 76.9 cm³/mol. The second kappa shape index (κ2) is 6.31. The fourth-order valence-electron chi connectivity index (χ4n) is 2.59. The monoisotopic (exact) mass is 334 g/mol. The van der Waals surface area contributed by atoms with E-state index >= 15 is 0 Å². The summed E-state index contributed by atoms with van der Waals surface area (Å²) >= 11 is 3.05. The van der Waals surface area contributed by atoms with E-state index in [1.165, 1.54) is 12.1 Å². The molecule has 1 aromatic carbocycles. The molecule has 0 unspecified atom stereocenters. The predicted octanol–water partition coefficient (Wildman–Crippen LogP) is 5.01. The maximum absolute atomic E-state index is 14.2. The van der Waals surface area contributed by atoms with Crippen molar-refractivity contribution >= 4 is 15.9 Å². The van der Waals surface area contributed by atoms with Gasteiger partial charge in [0.2, 0.25) is 0 Å². The molecule has 0 heterocycles. The molecular formula is C15H21BrF2O. The highest BCUT2D eigenvalue weighted by atomic mass is 79.9. The van der Waals surface area contributed by atoms with Crippen LogP contribution < -0.4 is 0 Å². The second-order valence-corrected chi connectivity index (χ2v) is 6.80. The highest BCUT2D eigenvalue weighted by Gasteiger charge is 2.37. The Balaban J connectivity index is 3.36. The third-order valence-electron chi connectivity index (χ3n) is 3.00. The lowest BCUT2D eigenvalue weighted by atomic mass is 9.79. The molecule has 0 aliphatic carbocycles. The Morgan fingerprint density at radius 2 is 1.58 bits per heavy atom. The average Bonchev–Trinajstić information content (AvgIpc) is 2.21. The first kappa shape index (κ1) is 16.6. The van der Waals surface area contributed by atoms with E-state index in [1.54, 1.807) is 0 Å². The molecule has 0 saturated carbocycles. The van der Waals surface area contributed by atoms with E-state index < -0.39 is 17.2 Å². The third kappa shape index (κ3) is 3.99. The van der Waals surface area contributed by atoms with Crippen molar-refractivity contribution in [2.24, 2.45) is 11.8 Å². The molecule has 0 amide bonds. The molecule has 0 aliphatic rings. The van der Waals surface area contributed by atoms with Crippen LogP contribution in [0.25, 0.3) is 0 Å². The molecule has 4 heteroatoms. The molecule has 0 aromatic heterocycles. The largest absolute Gasteiger partial charge is 0.385 e. The Morgan fingerprint density at radius 1 is 1.11 bits per heavy atom. The van der Waals surface area contributed by atoms with Crippen LogP contribution in [0.1, 0.15) is 46.1 Å². The minimum absolute atomic E-state index is 0.140. The topological polar surface area (TPSA) is 20.2 Å². The fourth-order valence-corrected chi connectivity index (χ4v) is 2.92. The summed E-state index contributed by atoms with van der Waals surface area (Å²) in [7, 11) is 0. The summed E-state index contributed by atoms with van der Waals surface area (Å²) in [6.07, 6.45) is 0.658. The SMILES string of the molecule is CC(C)CC(O)(CC(C)C)c1c(F)ccc(Br)c1F. The van der Waals surface area contributed by atoms with E-state index in [2.05, 4.69) is 15.9 Å². The summed E-state index contributed by atoms with van der Waals surface area (Å²) in [6.45, 7) is 7.72. The van der Waals surface area contributed by atoms with Crippen LogP contribution in [0.15, 0.2) is 16.6 Å². The zero-order valence-electron chi connectivity index (χ0n) is 11.8. The van der Waals surface area contributed by atoms with E-state index in [9.17, 15) is 13.9 Å². The summed E-state index contributed by atoms with van der Waals surface area (Å²) in [6, 6.07) is 2.51. The molecule has 1 rings (SSSR count). The van der Waals surface area contributed by atoms with Crippen molar-refractivity contribution in [2.75, 3.05) is 0 Å². The first-order valence-corrected chi connectivity index (χ1v) is 7.33. The van der Waals surface area contributed by atoms with Gasteiger partial charge in [-0.25, -0.2) is 8.78 Å². The lowest BCUT2D eigenvalue weighted by Crippen LogP contribution is -2.32. The molecule has 0 spiro atoms. The van der Waals surface area contributed by atoms with Gasteiger partial charge >= 0.3 is 0 Å². The molecule has 1 aromatic rings. The number of rotatable bonds is 5. The smallest absolute Gasteiger partial charge is 0.146 e. The van der Waals surface area contributed by atoms with Gasteiger partial charge in [-0.2, -0.15) is 0 Å². The lowest BCUT2D eigenvalue weighted by molar-refractivity contribution is -0.0109. The van der Waals surface area contributed by atoms with Gasteiger partial charge in [-0.05, 0) is 52.7 Å². The van der Waals surface area contributed by atoms with Gasteiger partial charge in [0, 0.05) is 0 Å². The molecule has 0 aliphatic heterocycles. The van der Waals surface area contributed by atoms with Gasteiger partial charge in [0.25, 0.3) is 0 Å². The molecule has 1 nitrogen and oxygen atoms in total. The van der Waals surface area contributed by atoms with E-state index in [0.29, 0.717) is 12.8 Å². The van der Waals surface area contributed by atoms with Crippen LogP contribution in [-0.4, -0.2) is 5.11 Å². The van der Waals surface area contributed by atoms with Gasteiger partial charge in [0.05, 0.1) is 15.6 Å². The Labute approximate surface area is 122 Å². The maximum atomic E-state index is 14.2. The van der Waals surface area contributed by atoms with E-state index in [0.717, 1.165) is 0 Å². The van der Waals surface area contributed by atoms with Gasteiger partial charge in [-0.3, -0.25) is 0 Å². The molecule has 19 heavy (non-hydrogen) atoms. The Kier molecular flexibility index (Phi) is 5.51. The molecule has 0 radical (unpaired) electrons. The van der Waals surface area contributed by atoms with Crippen LogP contribution >= 0.6 is 15.9 Å². The first-order chi connectivity index (χ1) is 8.67. The lowest BCUT2D eigenvalue weighted by Gasteiger charge is -2.33. The molecule has 0 atom stereocenters. The zero-order chi connectivity index (χ0) is 14.8. The van der Waals surface area contributed by atoms with Gasteiger partial charge in [0.15, 0.2) is 0 Å². The van der Waals surface area contributed by atoms with Crippen LogP contribution in [0.3, 0.4) is 0 Å². The summed E-state index contributed by atoms with van der Waals surface area (Å²) in [5.41, 5.74) is -1.69. The summed E-state index contributed by atoms with van der Waals surface area (Å²) in [5, 5.41) is 10.8. The molecule has 108 valence electrons. The van der Waals surface area contributed by atoms with Crippen LogP contribution in [-0.2, 0) is 5.60 Å². The molecule has 0 saturated heterocycles. The molecule has 0 fully saturated rings. The van der Waals surface area contributed by atoms with E-state index in [-0.39, 0.29) is 21.9 Å². The number of hydrogen-bond acceptors (Lipinski definition) is 1. The van der Waals surface area contributed by atoms with Crippen LogP contribution in [0.5, 0.6) is 0 Å². The number of benzene rings is 1. The van der Waals surface area contributed by atoms with Gasteiger partial charge < -0.3 is 5.11 Å². The van der Waals surface area contributed by atoms with Gasteiger partial charge in [-0.15, -0.1) is 0 Å². The molecular weight excluding hydrogens is 314 g/mol. The van der Waals surface area contributed by atoms with Crippen molar-refractivity contribution < 1.29 is 13.9 Å². The van der Waals surface area contributed by atoms with Crippen molar-refractivity contribution in [3.63, 3.8) is 0 Å². The zero-order valence-corrected chi connectivity index (χ0v) is 13.4. The van der Waals surface area contributed by atoms with Crippen molar-refractivity contribution in [2.45, 2.75) is 46.1 Å². The quantitative estimate of drug-likeness (QED) is 0.750. The summed E-state index contributed by atoms with van der Waals surface area (Å²) < 4.78 is 28.4. The Hall–Kier alpha value is -0.480. The van der Waals surface area contributed by atoms with Crippen LogP contribution in [0.4, 0.5) is 8.78 Å². The van der Waals surface area contributed by atoms with Crippen molar-refractivity contribution in [1.29, 1.82) is 0 Å². The highest BCUT2D eigenvalue weighted by molar-refractivity contribution is 9.10. The minimum Gasteiger partial charge on any atom is -0.385 e. The van der Waals surface area contributed by atoms with Crippen molar-refractivity contribution in [1.82, 2.24) is 0 Å². The van der Waals surface area contributed by atoms with Gasteiger partial charge in [0.1, 0.15) is 11.6 Å². The summed E-state index contributed by atoms with van der Waals surface area (Å²) in [4.78, 5) is 0. The average molecular weight is 335 g/mol. The highest BCUT2D eigenvalue weighted by Crippen LogP contribution is 2.39. The third-order valence-corrected chi connectivity index (χ3v) is 3.61. The van der Waals surface area contributed by atoms with Gasteiger partial charge in [-0.1, -0.05) is 27.7 Å². The van der Waals surface area contributed by atoms with E-state index in [1.807, 2.05) is 27.7 Å². The number of aliphatic hydroxyl groups is 1. The van der Waals surface area contributed by atoms with Crippen molar-refractivity contribution in [3.8, 4) is 0 Å². The first-order valence-electron chi connectivity index (χ1n) is 6.53. The maximum Gasteiger partial charge on any atom is 0.146 e. The second-order valence-electron chi connectivity index (χ2n) is 5.95. The standard InChI is InChI=1S/C15H21BrF2O/c1-9(2)7-15(19,8-10(3)4)13-12(17)6-5-11(16)14(13)18/h5-6,9-10,19H,7-8H2,1-4H3. The molecule has 1 N–H and O–H groups in total. The summed E-state index contributed by atoms with van der Waals surface area (Å²) in [5.74, 6) is -1.11. The Bertz CT molecular complexity index is 434. The van der Waals surface area contributed by atoms with E-state index in [4.69, 9.17) is 0 Å². The van der Waals surface area contributed by atoms with Crippen LogP contribution in [0.2, 0.25) is 0 Å².